The van der Waals surface area contributed by atoms with Gasteiger partial charge in [-0.25, -0.2) is 0 Å². The Morgan fingerprint density at radius 1 is 0.870 bits per heavy atom. The first-order chi connectivity index (χ1) is 11.2. The van der Waals surface area contributed by atoms with Gasteiger partial charge in [0.1, 0.15) is 11.5 Å². The molecule has 0 aliphatic heterocycles. The van der Waals surface area contributed by atoms with Gasteiger partial charge in [-0.3, -0.25) is 0 Å². The largest absolute Gasteiger partial charge is 0.497 e. The lowest BCUT2D eigenvalue weighted by Crippen LogP contribution is -2.03. The molecule has 1 aliphatic carbocycles. The van der Waals surface area contributed by atoms with E-state index in [-0.39, 0.29) is 0 Å². The lowest BCUT2D eigenvalue weighted by atomic mass is 9.86. The highest BCUT2D eigenvalue weighted by atomic mass is 16.5. The number of methoxy groups -OCH3 is 2. The average Bonchev–Trinajstić information content (AvgIpc) is 2.62. The summed E-state index contributed by atoms with van der Waals surface area (Å²) in [5.41, 5.74) is 5.87. The lowest BCUT2D eigenvalue weighted by molar-refractivity contribution is 0.309. The van der Waals surface area contributed by atoms with E-state index in [4.69, 9.17) is 9.47 Å². The number of hydrogen-bond acceptors (Lipinski definition) is 2. The van der Waals surface area contributed by atoms with Crippen LogP contribution in [0.2, 0.25) is 0 Å². The van der Waals surface area contributed by atoms with Crippen LogP contribution in [0.15, 0.2) is 60.4 Å². The molecule has 1 radical (unpaired) electrons. The highest BCUT2D eigenvalue weighted by Gasteiger charge is 2.20. The van der Waals surface area contributed by atoms with Crippen LogP contribution in [0, 0.1) is 13.3 Å². The monoisotopic (exact) mass is 305 g/mol. The smallest absolute Gasteiger partial charge is 0.123 e. The minimum absolute atomic E-state index is 0.861. The predicted molar refractivity (Wildman–Crippen MR) is 95.0 cm³/mol. The summed E-state index contributed by atoms with van der Waals surface area (Å²) in [5, 5.41) is 0. The van der Waals surface area contributed by atoms with Gasteiger partial charge >= 0.3 is 0 Å². The first kappa shape index (κ1) is 15.4. The van der Waals surface area contributed by atoms with Crippen molar-refractivity contribution in [2.75, 3.05) is 14.2 Å². The Bertz CT molecular complexity index is 752. The Hall–Kier alpha value is -2.48. The van der Waals surface area contributed by atoms with Crippen LogP contribution in [-0.4, -0.2) is 14.2 Å². The molecule has 0 unspecified atom stereocenters. The molecule has 117 valence electrons. The van der Waals surface area contributed by atoms with Gasteiger partial charge in [-0.1, -0.05) is 42.0 Å². The van der Waals surface area contributed by atoms with Gasteiger partial charge in [0.05, 0.1) is 14.2 Å². The zero-order valence-corrected chi connectivity index (χ0v) is 13.8. The van der Waals surface area contributed by atoms with Gasteiger partial charge in [-0.05, 0) is 54.7 Å². The predicted octanol–water partition coefficient (Wildman–Crippen LogP) is 5.05. The molecule has 2 aromatic rings. The van der Waals surface area contributed by atoms with Crippen molar-refractivity contribution in [3.8, 4) is 5.75 Å². The van der Waals surface area contributed by atoms with Crippen LogP contribution in [0.3, 0.4) is 0 Å². The van der Waals surface area contributed by atoms with Crippen LogP contribution >= 0.6 is 0 Å². The van der Waals surface area contributed by atoms with E-state index in [1.807, 2.05) is 12.1 Å². The van der Waals surface area contributed by atoms with E-state index in [0.717, 1.165) is 34.6 Å². The Morgan fingerprint density at radius 2 is 1.65 bits per heavy atom. The molecule has 0 atom stereocenters. The van der Waals surface area contributed by atoms with Crippen molar-refractivity contribution in [2.24, 2.45) is 0 Å². The summed E-state index contributed by atoms with van der Waals surface area (Å²) in [6.07, 6.45) is 5.23. The molecular formula is C21H21O2. The molecule has 0 fully saturated rings. The number of allylic oxidation sites excluding steroid dienone is 3. The maximum Gasteiger partial charge on any atom is 0.123 e. The van der Waals surface area contributed by atoms with Crippen LogP contribution in [0.25, 0.3) is 11.1 Å². The standard InChI is InChI=1S/C21H21O2/c1-15-10-12-16(13-11-15)21-19(8-5-9-20(21)23-3)17-6-4-7-18(14-17)22-2/h4,6-14H,5H2,1-3H3. The lowest BCUT2D eigenvalue weighted by Gasteiger charge is -2.22. The van der Waals surface area contributed by atoms with E-state index in [1.54, 1.807) is 14.2 Å². The summed E-state index contributed by atoms with van der Waals surface area (Å²) in [4.78, 5) is 0. The molecule has 0 heterocycles. The SMILES string of the molecule is COC1=CC[CH]C(c2cccc(OC)c2)=C1c1ccc(C)cc1. The summed E-state index contributed by atoms with van der Waals surface area (Å²) in [6, 6.07) is 16.7. The summed E-state index contributed by atoms with van der Waals surface area (Å²) in [5.74, 6) is 1.79. The second kappa shape index (κ2) is 6.74. The molecule has 1 aliphatic rings. The fourth-order valence-electron chi connectivity index (χ4n) is 2.88. The summed E-state index contributed by atoms with van der Waals surface area (Å²) in [7, 11) is 3.42. The molecule has 2 aromatic carbocycles. The highest BCUT2D eigenvalue weighted by Crippen LogP contribution is 2.39. The van der Waals surface area contributed by atoms with Crippen LogP contribution < -0.4 is 4.74 Å². The average molecular weight is 305 g/mol. The summed E-state index contributed by atoms with van der Waals surface area (Å²) in [6.45, 7) is 2.10. The molecule has 2 nitrogen and oxygen atoms in total. The van der Waals surface area contributed by atoms with Gasteiger partial charge in [-0.2, -0.15) is 0 Å². The van der Waals surface area contributed by atoms with Crippen LogP contribution in [0.5, 0.6) is 5.75 Å². The Morgan fingerprint density at radius 3 is 2.35 bits per heavy atom. The van der Waals surface area contributed by atoms with Crippen molar-refractivity contribution in [3.05, 3.63) is 83.5 Å². The second-order valence-electron chi connectivity index (χ2n) is 5.60. The number of rotatable bonds is 4. The Balaban J connectivity index is 2.17. The number of aryl methyl sites for hydroxylation is 1. The zero-order chi connectivity index (χ0) is 16.2. The van der Waals surface area contributed by atoms with E-state index in [2.05, 4.69) is 55.8 Å². The van der Waals surface area contributed by atoms with Crippen molar-refractivity contribution in [1.82, 2.24) is 0 Å². The molecule has 0 N–H and O–H groups in total. The summed E-state index contributed by atoms with van der Waals surface area (Å²) < 4.78 is 11.0. The number of hydrogen-bond donors (Lipinski definition) is 0. The third kappa shape index (κ3) is 3.16. The van der Waals surface area contributed by atoms with Crippen LogP contribution in [0.4, 0.5) is 0 Å². The first-order valence-electron chi connectivity index (χ1n) is 7.76. The van der Waals surface area contributed by atoms with Gasteiger partial charge in [0.15, 0.2) is 0 Å². The maximum atomic E-state index is 5.65. The third-order valence-corrected chi connectivity index (χ3v) is 4.08. The van der Waals surface area contributed by atoms with Gasteiger partial charge in [0.2, 0.25) is 0 Å². The first-order valence-corrected chi connectivity index (χ1v) is 7.76. The molecule has 0 saturated heterocycles. The Labute approximate surface area is 138 Å². The van der Waals surface area contributed by atoms with E-state index in [0.29, 0.717) is 0 Å². The molecule has 0 spiro atoms. The Kier molecular flexibility index (Phi) is 4.52. The fraction of sp³-hybridized carbons (Fsp3) is 0.190. The van der Waals surface area contributed by atoms with Gasteiger partial charge in [0.25, 0.3) is 0 Å². The normalized spacial score (nSPS) is 14.5. The third-order valence-electron chi connectivity index (χ3n) is 4.08. The number of benzene rings is 2. The van der Waals surface area contributed by atoms with E-state index in [1.165, 1.54) is 11.1 Å². The van der Waals surface area contributed by atoms with E-state index < -0.39 is 0 Å². The highest BCUT2D eigenvalue weighted by molar-refractivity contribution is 6.01. The van der Waals surface area contributed by atoms with Gasteiger partial charge in [-0.15, -0.1) is 0 Å². The van der Waals surface area contributed by atoms with Crippen LogP contribution in [-0.2, 0) is 4.74 Å². The molecule has 0 amide bonds. The minimum Gasteiger partial charge on any atom is -0.497 e. The van der Waals surface area contributed by atoms with Crippen molar-refractivity contribution >= 4 is 11.1 Å². The molecular weight excluding hydrogens is 284 g/mol. The number of ether oxygens (including phenoxy) is 2. The van der Waals surface area contributed by atoms with Crippen molar-refractivity contribution in [2.45, 2.75) is 13.3 Å². The molecule has 3 rings (SSSR count). The minimum atomic E-state index is 0.861. The molecule has 23 heavy (non-hydrogen) atoms. The zero-order valence-electron chi connectivity index (χ0n) is 13.8. The topological polar surface area (TPSA) is 18.5 Å². The van der Waals surface area contributed by atoms with E-state index >= 15 is 0 Å². The van der Waals surface area contributed by atoms with Gasteiger partial charge < -0.3 is 9.47 Å². The molecule has 0 aromatic heterocycles. The fourth-order valence-corrected chi connectivity index (χ4v) is 2.88. The molecule has 2 heteroatoms. The second-order valence-corrected chi connectivity index (χ2v) is 5.60. The van der Waals surface area contributed by atoms with Gasteiger partial charge in [0, 0.05) is 5.57 Å². The quantitative estimate of drug-likeness (QED) is 0.786. The van der Waals surface area contributed by atoms with Crippen molar-refractivity contribution in [1.29, 1.82) is 0 Å². The molecule has 0 bridgehead atoms. The molecule has 0 saturated carbocycles. The summed E-state index contributed by atoms with van der Waals surface area (Å²) >= 11 is 0. The van der Waals surface area contributed by atoms with Crippen molar-refractivity contribution in [3.63, 3.8) is 0 Å². The van der Waals surface area contributed by atoms with E-state index in [9.17, 15) is 0 Å². The van der Waals surface area contributed by atoms with Crippen LogP contribution in [0.1, 0.15) is 23.1 Å². The van der Waals surface area contributed by atoms with Crippen molar-refractivity contribution < 1.29 is 9.47 Å². The maximum absolute atomic E-state index is 5.65.